The average Bonchev–Trinajstić information content (AvgIpc) is 3.16. The summed E-state index contributed by atoms with van der Waals surface area (Å²) < 4.78 is 0. The Hall–Kier alpha value is -0.200. The van der Waals surface area contributed by atoms with Crippen molar-refractivity contribution in [2.45, 2.75) is 64.5 Å². The first kappa shape index (κ1) is 23.8. The van der Waals surface area contributed by atoms with Gasteiger partial charge in [-0.3, -0.25) is 0 Å². The molecule has 4 rings (SSSR count). The van der Waals surface area contributed by atoms with Crippen molar-refractivity contribution in [3.63, 3.8) is 0 Å². The summed E-state index contributed by atoms with van der Waals surface area (Å²) >= 11 is 0. The van der Waals surface area contributed by atoms with E-state index in [2.05, 4.69) is 56.0 Å². The first-order valence-corrected chi connectivity index (χ1v) is 12.1. The molecule has 2 aromatic carbocycles. The Morgan fingerprint density at radius 2 is 1.12 bits per heavy atom. The van der Waals surface area contributed by atoms with Crippen LogP contribution in [0.15, 0.2) is 36.4 Å². The van der Waals surface area contributed by atoms with Crippen molar-refractivity contribution in [2.75, 3.05) is 0 Å². The van der Waals surface area contributed by atoms with Gasteiger partial charge in [-0.2, -0.15) is 46.5 Å². The van der Waals surface area contributed by atoms with Gasteiger partial charge in [-0.15, -0.1) is 8.80 Å². The van der Waals surface area contributed by atoms with Crippen molar-refractivity contribution < 1.29 is 26.2 Å². The standard InChI is InChI=1S/2C9H11.C3H9Si.CH3.Zr/c2*1-2-5-9-7-3-6-8(9)4-1;1-4(2)3;;/h2*3,6-7H,1-2,4-5H2;4H,1H2,2-3H3;1H3;/q4*-1;+4. The third-order valence-corrected chi connectivity index (χ3v) is 4.30. The molecular formula is C22H34SiZr. The fourth-order valence-corrected chi connectivity index (χ4v) is 3.23. The minimum absolute atomic E-state index is 0. The van der Waals surface area contributed by atoms with Gasteiger partial charge in [0.15, 0.2) is 0 Å². The number of fused-ring (bicyclic) bond motifs is 2. The molecule has 0 aromatic heterocycles. The second kappa shape index (κ2) is 13.1. The topological polar surface area (TPSA) is 0 Å². The fourth-order valence-electron chi connectivity index (χ4n) is 3.23. The zero-order chi connectivity index (χ0) is 15.8. The van der Waals surface area contributed by atoms with Crippen LogP contribution in [-0.2, 0) is 51.9 Å². The molecule has 0 atom stereocenters. The molecule has 0 saturated heterocycles. The molecule has 2 aliphatic carbocycles. The fraction of sp³-hybridized carbons (Fsp3) is 0.455. The third kappa shape index (κ3) is 8.26. The monoisotopic (exact) mass is 416 g/mol. The quantitative estimate of drug-likeness (QED) is 0.372. The molecule has 0 nitrogen and oxygen atoms in total. The van der Waals surface area contributed by atoms with E-state index >= 15 is 0 Å². The summed E-state index contributed by atoms with van der Waals surface area (Å²) in [6.07, 6.45) is 10.9. The summed E-state index contributed by atoms with van der Waals surface area (Å²) in [5, 5.41) is 0. The van der Waals surface area contributed by atoms with Gasteiger partial charge in [0.25, 0.3) is 0 Å². The summed E-state index contributed by atoms with van der Waals surface area (Å²) in [5.41, 5.74) is 6.39. The van der Waals surface area contributed by atoms with Gasteiger partial charge in [0.2, 0.25) is 0 Å². The smallest absolute Gasteiger partial charge is 0.358 e. The van der Waals surface area contributed by atoms with E-state index in [-0.39, 0.29) is 42.4 Å². The molecule has 130 valence electrons. The predicted molar refractivity (Wildman–Crippen MR) is 108 cm³/mol. The Morgan fingerprint density at radius 3 is 1.46 bits per heavy atom. The van der Waals surface area contributed by atoms with Gasteiger partial charge in [0, 0.05) is 0 Å². The number of aryl methyl sites for hydroxylation is 4. The van der Waals surface area contributed by atoms with Crippen molar-refractivity contribution in [2.24, 2.45) is 0 Å². The Kier molecular flexibility index (Phi) is 13.0. The molecule has 0 saturated carbocycles. The van der Waals surface area contributed by atoms with Crippen molar-refractivity contribution in [1.82, 2.24) is 0 Å². The first-order chi connectivity index (χ1) is 10.7. The van der Waals surface area contributed by atoms with Gasteiger partial charge in [-0.25, -0.2) is 12.1 Å². The molecule has 2 aliphatic rings. The third-order valence-electron chi connectivity index (χ3n) is 4.30. The molecule has 2 heteroatoms. The van der Waals surface area contributed by atoms with Gasteiger partial charge in [0.05, 0.1) is 0 Å². The van der Waals surface area contributed by atoms with Crippen LogP contribution in [0.3, 0.4) is 0 Å². The van der Waals surface area contributed by atoms with E-state index in [0.717, 1.165) is 0 Å². The van der Waals surface area contributed by atoms with E-state index in [1.807, 2.05) is 0 Å². The van der Waals surface area contributed by atoms with Crippen LogP contribution in [0.5, 0.6) is 0 Å². The summed E-state index contributed by atoms with van der Waals surface area (Å²) in [6.45, 7) is 8.17. The van der Waals surface area contributed by atoms with E-state index in [1.165, 1.54) is 51.4 Å². The van der Waals surface area contributed by atoms with Crippen LogP contribution >= 0.6 is 0 Å². The predicted octanol–water partition coefficient (Wildman–Crippen LogP) is 5.86. The van der Waals surface area contributed by atoms with E-state index in [9.17, 15) is 0 Å². The Bertz CT molecular complexity index is 446. The van der Waals surface area contributed by atoms with Crippen molar-refractivity contribution in [3.8, 4) is 0 Å². The Labute approximate surface area is 171 Å². The molecule has 0 heterocycles. The van der Waals surface area contributed by atoms with Gasteiger partial charge in [0.1, 0.15) is 0 Å². The summed E-state index contributed by atoms with van der Waals surface area (Å²) in [6, 6.07) is 13.4. The van der Waals surface area contributed by atoms with Crippen LogP contribution < -0.4 is 0 Å². The molecule has 0 spiro atoms. The maximum atomic E-state index is 3.78. The molecule has 0 radical (unpaired) electrons. The van der Waals surface area contributed by atoms with Gasteiger partial charge >= 0.3 is 26.2 Å². The number of hydrogen-bond donors (Lipinski definition) is 0. The van der Waals surface area contributed by atoms with E-state index in [1.54, 1.807) is 22.3 Å². The van der Waals surface area contributed by atoms with Crippen LogP contribution in [-0.4, -0.2) is 8.80 Å². The Morgan fingerprint density at radius 1 is 0.792 bits per heavy atom. The van der Waals surface area contributed by atoms with E-state index in [0.29, 0.717) is 0 Å². The van der Waals surface area contributed by atoms with E-state index < -0.39 is 0 Å². The number of rotatable bonds is 0. The normalized spacial score (nSPS) is 14.5. The molecule has 0 aliphatic heterocycles. The second-order valence-electron chi connectivity index (χ2n) is 6.96. The van der Waals surface area contributed by atoms with Crippen molar-refractivity contribution >= 4 is 8.80 Å². The van der Waals surface area contributed by atoms with Crippen molar-refractivity contribution in [3.05, 3.63) is 72.6 Å². The van der Waals surface area contributed by atoms with Crippen LogP contribution in [0.4, 0.5) is 0 Å². The van der Waals surface area contributed by atoms with Gasteiger partial charge < -0.3 is 14.0 Å². The van der Waals surface area contributed by atoms with Gasteiger partial charge in [-0.1, -0.05) is 64.5 Å². The van der Waals surface area contributed by atoms with Crippen LogP contribution in [0.2, 0.25) is 13.1 Å². The van der Waals surface area contributed by atoms with Crippen LogP contribution in [0, 0.1) is 14.0 Å². The minimum atomic E-state index is -0.389. The molecule has 24 heavy (non-hydrogen) atoms. The maximum absolute atomic E-state index is 3.78. The van der Waals surface area contributed by atoms with Crippen LogP contribution in [0.25, 0.3) is 0 Å². The molecule has 0 unspecified atom stereocenters. The molecular weight excluding hydrogens is 384 g/mol. The van der Waals surface area contributed by atoms with Crippen LogP contribution in [0.1, 0.15) is 47.9 Å². The molecule has 0 fully saturated rings. The van der Waals surface area contributed by atoms with E-state index in [4.69, 9.17) is 0 Å². The summed E-state index contributed by atoms with van der Waals surface area (Å²) in [7, 11) is -0.389. The minimum Gasteiger partial charge on any atom is -0.358 e. The van der Waals surface area contributed by atoms with Gasteiger partial charge in [-0.05, 0) is 0 Å². The molecule has 2 aromatic rings. The SMILES string of the molecule is [CH2-][SiH](C)C.[CH3-].[Zr+4].c1cc2c([cH-]1)CCCC2.c1cc2c([cH-]1)CCCC2. The molecule has 0 N–H and O–H groups in total. The second-order valence-corrected chi connectivity index (χ2v) is 9.75. The first-order valence-electron chi connectivity index (χ1n) is 8.97. The Balaban J connectivity index is 0.000000341. The zero-order valence-corrected chi connectivity index (χ0v) is 19.5. The maximum Gasteiger partial charge on any atom is 4.00 e. The molecule has 0 bridgehead atoms. The largest absolute Gasteiger partial charge is 4.00 e. The summed E-state index contributed by atoms with van der Waals surface area (Å²) in [5.74, 6) is 0. The average molecular weight is 418 g/mol. The van der Waals surface area contributed by atoms with Crippen molar-refractivity contribution in [1.29, 1.82) is 0 Å². The molecule has 0 amide bonds. The zero-order valence-electron chi connectivity index (χ0n) is 15.9. The summed E-state index contributed by atoms with van der Waals surface area (Å²) in [4.78, 5) is 0. The number of hydrogen-bond acceptors (Lipinski definition) is 0.